The fraction of sp³-hybridized carbons (Fsp3) is 0.364. The summed E-state index contributed by atoms with van der Waals surface area (Å²) in [5, 5.41) is 2.48. The molecule has 0 spiro atoms. The van der Waals surface area contributed by atoms with Gasteiger partial charge in [-0.2, -0.15) is 4.31 Å². The van der Waals surface area contributed by atoms with Crippen LogP contribution >= 0.6 is 11.6 Å². The molecule has 1 N–H and O–H groups in total. The van der Waals surface area contributed by atoms with Gasteiger partial charge in [0.2, 0.25) is 10.0 Å². The average molecular weight is 483 g/mol. The van der Waals surface area contributed by atoms with Gasteiger partial charge < -0.3 is 10.1 Å². The van der Waals surface area contributed by atoms with Crippen LogP contribution in [0.4, 0.5) is 10.1 Å². The van der Waals surface area contributed by atoms with Crippen molar-refractivity contribution in [1.82, 2.24) is 4.31 Å². The first-order valence-electron chi connectivity index (χ1n) is 10.2. The fourth-order valence-corrected chi connectivity index (χ4v) is 5.40. The summed E-state index contributed by atoms with van der Waals surface area (Å²) in [6.07, 6.45) is 3.45. The van der Waals surface area contributed by atoms with Crippen LogP contribution in [0.2, 0.25) is 5.02 Å². The maximum atomic E-state index is 13.4. The van der Waals surface area contributed by atoms with Gasteiger partial charge in [-0.15, -0.1) is 0 Å². The first kappa shape index (κ1) is 24.2. The van der Waals surface area contributed by atoms with Gasteiger partial charge in [-0.25, -0.2) is 17.6 Å². The highest BCUT2D eigenvalue weighted by Crippen LogP contribution is 2.28. The molecular weight excluding hydrogens is 459 g/mol. The van der Waals surface area contributed by atoms with Crippen LogP contribution in [0.5, 0.6) is 0 Å². The number of hydrogen-bond acceptors (Lipinski definition) is 5. The molecule has 2 aromatic carbocycles. The zero-order valence-electron chi connectivity index (χ0n) is 17.6. The van der Waals surface area contributed by atoms with E-state index in [0.717, 1.165) is 31.7 Å². The SMILES string of the molecule is Cc1ccc(F)cc1NC(=O)COC(=O)c1ccc(Cl)c(S(=O)(=O)N2CCCCCC2)c1. The second-order valence-corrected chi connectivity index (χ2v) is 9.86. The molecule has 1 aliphatic heterocycles. The van der Waals surface area contributed by atoms with E-state index < -0.39 is 34.3 Å². The normalized spacial score (nSPS) is 15.1. The highest BCUT2D eigenvalue weighted by atomic mass is 35.5. The van der Waals surface area contributed by atoms with Crippen molar-refractivity contribution >= 4 is 39.2 Å². The van der Waals surface area contributed by atoms with E-state index in [2.05, 4.69) is 5.32 Å². The van der Waals surface area contributed by atoms with Crippen LogP contribution in [-0.2, 0) is 19.6 Å². The molecule has 1 saturated heterocycles. The molecule has 172 valence electrons. The summed E-state index contributed by atoms with van der Waals surface area (Å²) in [5.41, 5.74) is 0.869. The molecule has 1 aliphatic rings. The van der Waals surface area contributed by atoms with E-state index in [1.54, 1.807) is 6.92 Å². The van der Waals surface area contributed by atoms with Gasteiger partial charge in [0.25, 0.3) is 5.91 Å². The van der Waals surface area contributed by atoms with Gasteiger partial charge in [0.15, 0.2) is 6.61 Å². The third kappa shape index (κ3) is 5.85. The molecule has 0 saturated carbocycles. The summed E-state index contributed by atoms with van der Waals surface area (Å²) in [6.45, 7) is 1.87. The third-order valence-electron chi connectivity index (χ3n) is 5.16. The molecule has 0 bridgehead atoms. The molecule has 0 unspecified atom stereocenters. The molecule has 1 heterocycles. The van der Waals surface area contributed by atoms with Crippen LogP contribution in [0.3, 0.4) is 0 Å². The van der Waals surface area contributed by atoms with Crippen molar-refractivity contribution in [2.45, 2.75) is 37.5 Å². The monoisotopic (exact) mass is 482 g/mol. The molecule has 0 aliphatic carbocycles. The Morgan fingerprint density at radius 1 is 1.09 bits per heavy atom. The Hall–Kier alpha value is -2.49. The minimum atomic E-state index is -3.87. The van der Waals surface area contributed by atoms with Crippen LogP contribution < -0.4 is 5.32 Å². The Morgan fingerprint density at radius 3 is 2.47 bits per heavy atom. The van der Waals surface area contributed by atoms with E-state index in [1.807, 2.05) is 0 Å². The van der Waals surface area contributed by atoms with Crippen molar-refractivity contribution in [3.05, 3.63) is 58.4 Å². The van der Waals surface area contributed by atoms with Crippen molar-refractivity contribution < 1.29 is 27.1 Å². The van der Waals surface area contributed by atoms with Crippen molar-refractivity contribution in [3.63, 3.8) is 0 Å². The first-order chi connectivity index (χ1) is 15.2. The minimum absolute atomic E-state index is 0.00474. The second-order valence-electron chi connectivity index (χ2n) is 7.55. The van der Waals surface area contributed by atoms with Crippen LogP contribution in [0.1, 0.15) is 41.6 Å². The predicted octanol–water partition coefficient (Wildman–Crippen LogP) is 4.15. The van der Waals surface area contributed by atoms with Crippen LogP contribution in [-0.4, -0.2) is 44.3 Å². The Morgan fingerprint density at radius 2 is 1.78 bits per heavy atom. The van der Waals surface area contributed by atoms with Gasteiger partial charge in [0.1, 0.15) is 10.7 Å². The summed E-state index contributed by atoms with van der Waals surface area (Å²) < 4.78 is 45.9. The first-order valence-corrected chi connectivity index (χ1v) is 12.0. The van der Waals surface area contributed by atoms with E-state index in [0.29, 0.717) is 18.7 Å². The number of esters is 1. The fourth-order valence-electron chi connectivity index (χ4n) is 3.38. The van der Waals surface area contributed by atoms with Crippen molar-refractivity contribution in [3.8, 4) is 0 Å². The lowest BCUT2D eigenvalue weighted by molar-refractivity contribution is -0.119. The summed E-state index contributed by atoms with van der Waals surface area (Å²) in [4.78, 5) is 24.4. The highest BCUT2D eigenvalue weighted by Gasteiger charge is 2.28. The lowest BCUT2D eigenvalue weighted by atomic mass is 10.2. The molecule has 0 aromatic heterocycles. The summed E-state index contributed by atoms with van der Waals surface area (Å²) >= 11 is 6.14. The van der Waals surface area contributed by atoms with E-state index in [-0.39, 0.29) is 21.2 Å². The molecule has 1 amide bonds. The number of aryl methyl sites for hydroxylation is 1. The summed E-state index contributed by atoms with van der Waals surface area (Å²) in [7, 11) is -3.87. The van der Waals surface area contributed by atoms with Crippen LogP contribution in [0.25, 0.3) is 0 Å². The van der Waals surface area contributed by atoms with E-state index in [4.69, 9.17) is 16.3 Å². The minimum Gasteiger partial charge on any atom is -0.452 e. The highest BCUT2D eigenvalue weighted by molar-refractivity contribution is 7.89. The molecule has 1 fully saturated rings. The second kappa shape index (κ2) is 10.4. The number of carbonyl (C=O) groups excluding carboxylic acids is 2. The lowest BCUT2D eigenvalue weighted by Crippen LogP contribution is -2.32. The Kier molecular flexibility index (Phi) is 7.86. The van der Waals surface area contributed by atoms with Gasteiger partial charge >= 0.3 is 5.97 Å². The molecule has 2 aromatic rings. The van der Waals surface area contributed by atoms with Gasteiger partial charge in [-0.1, -0.05) is 30.5 Å². The number of rotatable bonds is 6. The molecular formula is C22H24ClFN2O5S. The third-order valence-corrected chi connectivity index (χ3v) is 7.54. The summed E-state index contributed by atoms with van der Waals surface area (Å²) in [6, 6.07) is 7.76. The number of nitrogens with one attached hydrogen (secondary N) is 1. The van der Waals surface area contributed by atoms with Crippen molar-refractivity contribution in [2.75, 3.05) is 25.0 Å². The largest absolute Gasteiger partial charge is 0.452 e. The number of anilines is 1. The Bertz CT molecular complexity index is 1120. The van der Waals surface area contributed by atoms with Gasteiger partial charge in [0, 0.05) is 18.8 Å². The standard InChI is InChI=1S/C22H24ClFN2O5S/c1-15-6-8-17(24)13-19(15)25-21(27)14-31-22(28)16-7-9-18(23)20(12-16)32(29,30)26-10-4-2-3-5-11-26/h6-9,12-13H,2-5,10-11,14H2,1H3,(H,25,27). The topological polar surface area (TPSA) is 92.8 Å². The van der Waals surface area contributed by atoms with Gasteiger partial charge in [-0.3, -0.25) is 4.79 Å². The van der Waals surface area contributed by atoms with Crippen LogP contribution in [0, 0.1) is 12.7 Å². The molecule has 0 atom stereocenters. The lowest BCUT2D eigenvalue weighted by Gasteiger charge is -2.21. The quantitative estimate of drug-likeness (QED) is 0.624. The maximum Gasteiger partial charge on any atom is 0.338 e. The number of sulfonamides is 1. The number of nitrogens with zero attached hydrogens (tertiary/aromatic N) is 1. The molecule has 0 radical (unpaired) electrons. The summed E-state index contributed by atoms with van der Waals surface area (Å²) in [5.74, 6) is -2.04. The Labute approximate surface area is 191 Å². The smallest absolute Gasteiger partial charge is 0.338 e. The number of halogens is 2. The van der Waals surface area contributed by atoms with Gasteiger partial charge in [0.05, 0.1) is 10.6 Å². The number of carbonyl (C=O) groups is 2. The van der Waals surface area contributed by atoms with Crippen molar-refractivity contribution in [1.29, 1.82) is 0 Å². The zero-order valence-corrected chi connectivity index (χ0v) is 19.1. The van der Waals surface area contributed by atoms with Crippen LogP contribution in [0.15, 0.2) is 41.3 Å². The Balaban J connectivity index is 1.69. The number of hydrogen-bond donors (Lipinski definition) is 1. The molecule has 32 heavy (non-hydrogen) atoms. The predicted molar refractivity (Wildman–Crippen MR) is 119 cm³/mol. The molecule has 3 rings (SSSR count). The number of amides is 1. The average Bonchev–Trinajstić information content (AvgIpc) is 3.05. The van der Waals surface area contributed by atoms with E-state index in [9.17, 15) is 22.4 Å². The maximum absolute atomic E-state index is 13.4. The van der Waals surface area contributed by atoms with Gasteiger partial charge in [-0.05, 0) is 55.7 Å². The molecule has 7 nitrogen and oxygen atoms in total. The number of ether oxygens (including phenoxy) is 1. The zero-order chi connectivity index (χ0) is 23.3. The molecule has 10 heteroatoms. The van der Waals surface area contributed by atoms with E-state index >= 15 is 0 Å². The number of benzene rings is 2. The van der Waals surface area contributed by atoms with Crippen molar-refractivity contribution in [2.24, 2.45) is 0 Å². The van der Waals surface area contributed by atoms with E-state index in [1.165, 1.54) is 34.6 Å².